The highest BCUT2D eigenvalue weighted by Crippen LogP contribution is 2.40. The Morgan fingerprint density at radius 1 is 1.00 bits per heavy atom. The van der Waals surface area contributed by atoms with Crippen LogP contribution in [0.5, 0.6) is 5.75 Å². The second kappa shape index (κ2) is 11.5. The number of rotatable bonds is 8. The Bertz CT molecular complexity index is 927. The third-order valence-electron chi connectivity index (χ3n) is 6.33. The maximum atomic E-state index is 13.5. The Balaban J connectivity index is 1.35. The normalized spacial score (nSPS) is 18.6. The molecule has 8 heteroatoms. The van der Waals surface area contributed by atoms with Crippen LogP contribution in [0.2, 0.25) is 10.0 Å². The summed E-state index contributed by atoms with van der Waals surface area (Å²) in [5, 5.41) is 4.12. The molecule has 4 rings (SSSR count). The molecule has 2 saturated heterocycles. The van der Waals surface area contributed by atoms with Crippen molar-refractivity contribution in [1.29, 1.82) is 0 Å². The average molecular weight is 493 g/mol. The van der Waals surface area contributed by atoms with Crippen LogP contribution >= 0.6 is 23.2 Å². The van der Waals surface area contributed by atoms with Crippen molar-refractivity contribution < 1.29 is 19.0 Å². The second-order valence-electron chi connectivity index (χ2n) is 8.45. The number of amides is 1. The lowest BCUT2D eigenvalue weighted by atomic mass is 9.73. The molecule has 2 fully saturated rings. The van der Waals surface area contributed by atoms with Gasteiger partial charge in [0.1, 0.15) is 5.75 Å². The van der Waals surface area contributed by atoms with E-state index in [9.17, 15) is 4.79 Å². The molecule has 0 radical (unpaired) electrons. The molecule has 2 aliphatic heterocycles. The Kier molecular flexibility index (Phi) is 8.50. The number of hydrogen-bond acceptors (Lipinski definition) is 5. The van der Waals surface area contributed by atoms with E-state index in [0.29, 0.717) is 42.7 Å². The van der Waals surface area contributed by atoms with Gasteiger partial charge in [-0.05, 0) is 61.2 Å². The molecule has 2 aromatic carbocycles. The summed E-state index contributed by atoms with van der Waals surface area (Å²) in [5.41, 5.74) is 0.750. The van der Waals surface area contributed by atoms with E-state index in [4.69, 9.17) is 37.4 Å². The van der Waals surface area contributed by atoms with E-state index >= 15 is 0 Å². The van der Waals surface area contributed by atoms with Gasteiger partial charge in [0.25, 0.3) is 0 Å². The summed E-state index contributed by atoms with van der Waals surface area (Å²) in [6.07, 6.45) is 2.08. The van der Waals surface area contributed by atoms with Gasteiger partial charge in [-0.2, -0.15) is 0 Å². The second-order valence-corrected chi connectivity index (χ2v) is 9.30. The lowest BCUT2D eigenvalue weighted by Gasteiger charge is -2.36. The summed E-state index contributed by atoms with van der Waals surface area (Å²) in [5.74, 6) is 0.700. The van der Waals surface area contributed by atoms with Gasteiger partial charge in [0.2, 0.25) is 5.91 Å². The highest BCUT2D eigenvalue weighted by molar-refractivity contribution is 6.35. The van der Waals surface area contributed by atoms with E-state index in [0.717, 1.165) is 56.3 Å². The van der Waals surface area contributed by atoms with Gasteiger partial charge < -0.3 is 19.5 Å². The van der Waals surface area contributed by atoms with Crippen molar-refractivity contribution in [2.24, 2.45) is 0 Å². The molecule has 2 heterocycles. The van der Waals surface area contributed by atoms with Gasteiger partial charge >= 0.3 is 0 Å². The van der Waals surface area contributed by atoms with Crippen molar-refractivity contribution in [3.63, 3.8) is 0 Å². The first-order chi connectivity index (χ1) is 16.1. The first kappa shape index (κ1) is 24.3. The number of hydrogen-bond donors (Lipinski definition) is 1. The highest BCUT2D eigenvalue weighted by Gasteiger charge is 2.43. The molecule has 0 aliphatic carbocycles. The quantitative estimate of drug-likeness (QED) is 0.537. The van der Waals surface area contributed by atoms with E-state index in [2.05, 4.69) is 10.2 Å². The van der Waals surface area contributed by atoms with E-state index in [1.165, 1.54) is 0 Å². The van der Waals surface area contributed by atoms with Gasteiger partial charge in [0.05, 0.1) is 25.2 Å². The van der Waals surface area contributed by atoms with Gasteiger partial charge in [0.15, 0.2) is 0 Å². The van der Waals surface area contributed by atoms with Gasteiger partial charge in [0, 0.05) is 48.6 Å². The average Bonchev–Trinajstić information content (AvgIpc) is 2.84. The zero-order chi connectivity index (χ0) is 23.1. The molecule has 33 heavy (non-hydrogen) atoms. The topological polar surface area (TPSA) is 60.0 Å². The van der Waals surface area contributed by atoms with Crippen LogP contribution < -0.4 is 10.1 Å². The zero-order valence-corrected chi connectivity index (χ0v) is 20.2. The molecule has 0 atom stereocenters. The summed E-state index contributed by atoms with van der Waals surface area (Å²) in [6.45, 7) is 6.27. The maximum absolute atomic E-state index is 13.5. The monoisotopic (exact) mass is 492 g/mol. The van der Waals surface area contributed by atoms with Crippen LogP contribution in [0, 0.1) is 0 Å². The minimum atomic E-state index is -0.755. The summed E-state index contributed by atoms with van der Waals surface area (Å²) in [6, 6.07) is 12.8. The molecule has 0 spiro atoms. The summed E-state index contributed by atoms with van der Waals surface area (Å²) < 4.78 is 16.8. The molecule has 2 aromatic rings. The predicted molar refractivity (Wildman–Crippen MR) is 131 cm³/mol. The number of nitrogens with one attached hydrogen (secondary N) is 1. The van der Waals surface area contributed by atoms with Crippen LogP contribution in [0.3, 0.4) is 0 Å². The summed E-state index contributed by atoms with van der Waals surface area (Å²) in [4.78, 5) is 15.9. The highest BCUT2D eigenvalue weighted by atomic mass is 35.5. The first-order valence-electron chi connectivity index (χ1n) is 11.4. The molecule has 0 unspecified atom stereocenters. The molecule has 178 valence electrons. The molecule has 0 bridgehead atoms. The SMILES string of the molecule is O=C(Nc1ccc(OCCCN2CCOCC2)cc1)C1(c2ccc(Cl)cc2Cl)CCOCC1. The maximum Gasteiger partial charge on any atom is 0.235 e. The molecular weight excluding hydrogens is 463 g/mol. The fourth-order valence-electron chi connectivity index (χ4n) is 4.40. The van der Waals surface area contributed by atoms with E-state index in [-0.39, 0.29) is 5.91 Å². The Labute approximate surface area is 205 Å². The number of ether oxygens (including phenoxy) is 3. The number of halogens is 2. The molecule has 2 aliphatic rings. The Morgan fingerprint density at radius 3 is 2.39 bits per heavy atom. The van der Waals surface area contributed by atoms with Crippen molar-refractivity contribution >= 4 is 34.8 Å². The Morgan fingerprint density at radius 2 is 1.70 bits per heavy atom. The molecule has 1 N–H and O–H groups in total. The molecule has 0 saturated carbocycles. The van der Waals surface area contributed by atoms with Gasteiger partial charge in [-0.1, -0.05) is 29.3 Å². The minimum absolute atomic E-state index is 0.0887. The van der Waals surface area contributed by atoms with Crippen LogP contribution in [-0.2, 0) is 19.7 Å². The standard InChI is InChI=1S/C25H30Cl2N2O4/c26-19-2-7-22(23(27)18-19)25(8-14-31-15-9-25)24(30)28-20-3-5-21(6-4-20)33-13-1-10-29-11-16-32-17-12-29/h2-7,18H,1,8-17H2,(H,28,30). The zero-order valence-electron chi connectivity index (χ0n) is 18.7. The van der Waals surface area contributed by atoms with Crippen molar-refractivity contribution in [1.82, 2.24) is 4.90 Å². The number of anilines is 1. The van der Waals surface area contributed by atoms with Crippen LogP contribution in [0.25, 0.3) is 0 Å². The lowest BCUT2D eigenvalue weighted by Crippen LogP contribution is -2.45. The molecular formula is C25H30Cl2N2O4. The fraction of sp³-hybridized carbons (Fsp3) is 0.480. The molecule has 0 aromatic heterocycles. The van der Waals surface area contributed by atoms with Crippen LogP contribution in [-0.4, -0.2) is 63.5 Å². The number of carbonyl (C=O) groups excluding carboxylic acids is 1. The number of benzene rings is 2. The Hall–Kier alpha value is -1.83. The van der Waals surface area contributed by atoms with E-state index in [1.54, 1.807) is 12.1 Å². The van der Waals surface area contributed by atoms with Gasteiger partial charge in [-0.15, -0.1) is 0 Å². The van der Waals surface area contributed by atoms with Gasteiger partial charge in [-0.25, -0.2) is 0 Å². The predicted octanol–water partition coefficient (Wildman–Crippen LogP) is 4.78. The van der Waals surface area contributed by atoms with Crippen LogP contribution in [0.1, 0.15) is 24.8 Å². The summed E-state index contributed by atoms with van der Waals surface area (Å²) in [7, 11) is 0. The molecule has 6 nitrogen and oxygen atoms in total. The van der Waals surface area contributed by atoms with Crippen LogP contribution in [0.4, 0.5) is 5.69 Å². The van der Waals surface area contributed by atoms with Gasteiger partial charge in [-0.3, -0.25) is 9.69 Å². The molecule has 1 amide bonds. The van der Waals surface area contributed by atoms with Crippen molar-refractivity contribution in [2.45, 2.75) is 24.7 Å². The number of morpholine rings is 1. The fourth-order valence-corrected chi connectivity index (χ4v) is 4.99. The first-order valence-corrected chi connectivity index (χ1v) is 12.2. The van der Waals surface area contributed by atoms with Crippen LogP contribution in [0.15, 0.2) is 42.5 Å². The third kappa shape index (κ3) is 6.19. The van der Waals surface area contributed by atoms with E-state index in [1.807, 2.05) is 30.3 Å². The van der Waals surface area contributed by atoms with E-state index < -0.39 is 5.41 Å². The number of nitrogens with zero attached hydrogens (tertiary/aromatic N) is 1. The van der Waals surface area contributed by atoms with Crippen molar-refractivity contribution in [3.8, 4) is 5.75 Å². The largest absolute Gasteiger partial charge is 0.494 e. The minimum Gasteiger partial charge on any atom is -0.494 e. The number of carbonyl (C=O) groups is 1. The smallest absolute Gasteiger partial charge is 0.235 e. The summed E-state index contributed by atoms with van der Waals surface area (Å²) >= 11 is 12.6. The lowest BCUT2D eigenvalue weighted by molar-refractivity contribution is -0.125. The van der Waals surface area contributed by atoms with Crippen molar-refractivity contribution in [2.75, 3.05) is 58.0 Å². The van der Waals surface area contributed by atoms with Crippen molar-refractivity contribution in [3.05, 3.63) is 58.1 Å². The third-order valence-corrected chi connectivity index (χ3v) is 6.88.